The molecule has 8 heteroatoms. The molecule has 2 aromatic carbocycles. The summed E-state index contributed by atoms with van der Waals surface area (Å²) in [6.45, 7) is 4.55. The van der Waals surface area contributed by atoms with Crippen LogP contribution in [0.4, 0.5) is 10.5 Å². The summed E-state index contributed by atoms with van der Waals surface area (Å²) in [7, 11) is 0. The maximum absolute atomic E-state index is 12.7. The standard InChI is InChI=1S/C23H26N4O4/c28-22-13-18(15-27(22)19-4-2-1-3-5-19)24-23(29)26-10-8-25(9-11-26)14-17-6-7-20-21(12-17)31-16-30-20/h1-7,12,18H,8-11,13-16H2,(H,24,29). The molecule has 8 nitrogen and oxygen atoms in total. The molecule has 5 rings (SSSR count). The van der Waals surface area contributed by atoms with Crippen LogP contribution in [0, 0.1) is 0 Å². The zero-order valence-corrected chi connectivity index (χ0v) is 17.3. The minimum absolute atomic E-state index is 0.0463. The van der Waals surface area contributed by atoms with Crippen LogP contribution >= 0.6 is 0 Å². The second-order valence-corrected chi connectivity index (χ2v) is 8.14. The third kappa shape index (κ3) is 4.29. The Morgan fingerprint density at radius 3 is 2.58 bits per heavy atom. The van der Waals surface area contributed by atoms with E-state index in [1.165, 1.54) is 5.56 Å². The van der Waals surface area contributed by atoms with Crippen molar-refractivity contribution in [3.05, 3.63) is 54.1 Å². The van der Waals surface area contributed by atoms with Crippen LogP contribution in [0.1, 0.15) is 12.0 Å². The van der Waals surface area contributed by atoms with E-state index in [1.807, 2.05) is 47.4 Å². The molecule has 0 saturated carbocycles. The molecule has 2 fully saturated rings. The van der Waals surface area contributed by atoms with Gasteiger partial charge in [-0.1, -0.05) is 24.3 Å². The number of urea groups is 1. The number of amides is 3. The van der Waals surface area contributed by atoms with Crippen molar-refractivity contribution >= 4 is 17.6 Å². The Morgan fingerprint density at radius 2 is 1.77 bits per heavy atom. The summed E-state index contributed by atoms with van der Waals surface area (Å²) in [5, 5.41) is 3.05. The first kappa shape index (κ1) is 19.7. The average molecular weight is 422 g/mol. The van der Waals surface area contributed by atoms with Gasteiger partial charge in [0.15, 0.2) is 11.5 Å². The highest BCUT2D eigenvalue weighted by atomic mass is 16.7. The number of piperazine rings is 1. The van der Waals surface area contributed by atoms with Gasteiger partial charge in [0.25, 0.3) is 0 Å². The Hall–Kier alpha value is -3.26. The summed E-state index contributed by atoms with van der Waals surface area (Å²) in [6, 6.07) is 15.4. The van der Waals surface area contributed by atoms with E-state index in [-0.39, 0.29) is 24.8 Å². The predicted octanol–water partition coefficient (Wildman–Crippen LogP) is 2.05. The zero-order chi connectivity index (χ0) is 21.2. The van der Waals surface area contributed by atoms with Crippen molar-refractivity contribution in [2.75, 3.05) is 44.4 Å². The largest absolute Gasteiger partial charge is 0.454 e. The number of hydrogen-bond donors (Lipinski definition) is 1. The van der Waals surface area contributed by atoms with E-state index in [1.54, 1.807) is 4.90 Å². The topological polar surface area (TPSA) is 74.4 Å². The van der Waals surface area contributed by atoms with Gasteiger partial charge in [-0.3, -0.25) is 9.69 Å². The van der Waals surface area contributed by atoms with Crippen molar-refractivity contribution in [1.29, 1.82) is 0 Å². The summed E-state index contributed by atoms with van der Waals surface area (Å²) < 4.78 is 10.8. The van der Waals surface area contributed by atoms with Crippen LogP contribution in [0.2, 0.25) is 0 Å². The zero-order valence-electron chi connectivity index (χ0n) is 17.3. The van der Waals surface area contributed by atoms with E-state index in [0.717, 1.165) is 36.8 Å². The molecule has 1 unspecified atom stereocenters. The number of carbonyl (C=O) groups is 2. The fraction of sp³-hybridized carbons (Fsp3) is 0.391. The van der Waals surface area contributed by atoms with Gasteiger partial charge >= 0.3 is 6.03 Å². The Kier molecular flexibility index (Phi) is 5.38. The van der Waals surface area contributed by atoms with Gasteiger partial charge in [0, 0.05) is 51.4 Å². The molecule has 0 spiro atoms. The maximum atomic E-state index is 12.7. The van der Waals surface area contributed by atoms with Crippen LogP contribution in [0.15, 0.2) is 48.5 Å². The molecule has 1 N–H and O–H groups in total. The summed E-state index contributed by atoms with van der Waals surface area (Å²) in [5.74, 6) is 1.64. The molecule has 3 heterocycles. The van der Waals surface area contributed by atoms with E-state index in [2.05, 4.69) is 16.3 Å². The lowest BCUT2D eigenvalue weighted by molar-refractivity contribution is -0.117. The highest BCUT2D eigenvalue weighted by molar-refractivity contribution is 5.96. The minimum atomic E-state index is -0.160. The van der Waals surface area contributed by atoms with Gasteiger partial charge in [-0.15, -0.1) is 0 Å². The van der Waals surface area contributed by atoms with Gasteiger partial charge in [-0.25, -0.2) is 4.79 Å². The van der Waals surface area contributed by atoms with Gasteiger partial charge in [0.2, 0.25) is 12.7 Å². The van der Waals surface area contributed by atoms with Crippen molar-refractivity contribution in [1.82, 2.24) is 15.1 Å². The van der Waals surface area contributed by atoms with E-state index in [0.29, 0.717) is 26.1 Å². The van der Waals surface area contributed by atoms with E-state index < -0.39 is 0 Å². The second-order valence-electron chi connectivity index (χ2n) is 8.14. The minimum Gasteiger partial charge on any atom is -0.454 e. The van der Waals surface area contributed by atoms with Crippen LogP contribution < -0.4 is 19.7 Å². The lowest BCUT2D eigenvalue weighted by Gasteiger charge is -2.35. The van der Waals surface area contributed by atoms with Gasteiger partial charge < -0.3 is 24.6 Å². The molecule has 0 aliphatic carbocycles. The quantitative estimate of drug-likeness (QED) is 0.816. The molecule has 2 saturated heterocycles. The summed E-state index contributed by atoms with van der Waals surface area (Å²) in [6.07, 6.45) is 0.338. The second kappa shape index (κ2) is 8.47. The first-order chi connectivity index (χ1) is 15.2. The molecule has 0 radical (unpaired) electrons. The van der Waals surface area contributed by atoms with Crippen molar-refractivity contribution in [2.24, 2.45) is 0 Å². The van der Waals surface area contributed by atoms with Crippen LogP contribution in [-0.4, -0.2) is 67.3 Å². The fourth-order valence-electron chi connectivity index (χ4n) is 4.33. The summed E-state index contributed by atoms with van der Waals surface area (Å²) in [5.41, 5.74) is 2.05. The number of hydrogen-bond acceptors (Lipinski definition) is 5. The van der Waals surface area contributed by atoms with Gasteiger partial charge in [-0.05, 0) is 29.8 Å². The Labute approximate surface area is 181 Å². The third-order valence-electron chi connectivity index (χ3n) is 6.02. The number of fused-ring (bicyclic) bond motifs is 1. The lowest BCUT2D eigenvalue weighted by Crippen LogP contribution is -2.53. The highest BCUT2D eigenvalue weighted by Gasteiger charge is 2.33. The highest BCUT2D eigenvalue weighted by Crippen LogP contribution is 2.32. The summed E-state index contributed by atoms with van der Waals surface area (Å²) in [4.78, 5) is 31.0. The average Bonchev–Trinajstić information content (AvgIpc) is 3.40. The smallest absolute Gasteiger partial charge is 0.317 e. The number of ether oxygens (including phenoxy) is 2. The van der Waals surface area contributed by atoms with Crippen molar-refractivity contribution in [2.45, 2.75) is 19.0 Å². The maximum Gasteiger partial charge on any atom is 0.317 e. The molecular weight excluding hydrogens is 396 g/mol. The molecule has 162 valence electrons. The number of benzene rings is 2. The van der Waals surface area contributed by atoms with Crippen molar-refractivity contribution in [3.63, 3.8) is 0 Å². The first-order valence-corrected chi connectivity index (χ1v) is 10.7. The van der Waals surface area contributed by atoms with Crippen molar-refractivity contribution < 1.29 is 19.1 Å². The molecule has 3 aliphatic rings. The van der Waals surface area contributed by atoms with Gasteiger partial charge in [0.1, 0.15) is 0 Å². The molecule has 1 atom stereocenters. The normalized spacial score (nSPS) is 20.9. The van der Waals surface area contributed by atoms with Crippen LogP contribution in [0.5, 0.6) is 11.5 Å². The van der Waals surface area contributed by atoms with E-state index in [4.69, 9.17) is 9.47 Å². The number of nitrogens with one attached hydrogen (secondary N) is 1. The molecule has 3 aliphatic heterocycles. The predicted molar refractivity (Wildman–Crippen MR) is 115 cm³/mol. The Morgan fingerprint density at radius 1 is 1.00 bits per heavy atom. The van der Waals surface area contributed by atoms with Gasteiger partial charge in [-0.2, -0.15) is 0 Å². The molecular formula is C23H26N4O4. The number of nitrogens with zero attached hydrogens (tertiary/aromatic N) is 3. The van der Waals surface area contributed by atoms with E-state index in [9.17, 15) is 9.59 Å². The van der Waals surface area contributed by atoms with E-state index >= 15 is 0 Å². The number of rotatable bonds is 4. The Balaban J connectivity index is 1.10. The monoisotopic (exact) mass is 422 g/mol. The van der Waals surface area contributed by atoms with Crippen molar-refractivity contribution in [3.8, 4) is 11.5 Å². The van der Waals surface area contributed by atoms with Crippen LogP contribution in [-0.2, 0) is 11.3 Å². The molecule has 0 aromatic heterocycles. The van der Waals surface area contributed by atoms with Crippen LogP contribution in [0.25, 0.3) is 0 Å². The third-order valence-corrected chi connectivity index (χ3v) is 6.02. The number of anilines is 1. The molecule has 2 aromatic rings. The number of carbonyl (C=O) groups excluding carboxylic acids is 2. The van der Waals surface area contributed by atoms with Crippen LogP contribution in [0.3, 0.4) is 0 Å². The number of para-hydroxylation sites is 1. The lowest BCUT2D eigenvalue weighted by atomic mass is 10.1. The molecule has 0 bridgehead atoms. The Bertz CT molecular complexity index is 959. The SMILES string of the molecule is O=C(NC1CC(=O)N(c2ccccc2)C1)N1CCN(Cc2ccc3c(c2)OCO3)CC1. The first-order valence-electron chi connectivity index (χ1n) is 10.7. The molecule has 3 amide bonds. The van der Waals surface area contributed by atoms with Gasteiger partial charge in [0.05, 0.1) is 6.04 Å². The fourth-order valence-corrected chi connectivity index (χ4v) is 4.33. The summed E-state index contributed by atoms with van der Waals surface area (Å²) >= 11 is 0. The molecule has 31 heavy (non-hydrogen) atoms.